The average Bonchev–Trinajstić information content (AvgIpc) is 2.81. The van der Waals surface area contributed by atoms with Crippen LogP contribution in [0.4, 0.5) is 0 Å². The quantitative estimate of drug-likeness (QED) is 0.816. The Labute approximate surface area is 122 Å². The van der Waals surface area contributed by atoms with Gasteiger partial charge in [-0.25, -0.2) is 0 Å². The molecule has 2 nitrogen and oxygen atoms in total. The Morgan fingerprint density at radius 3 is 2.50 bits per heavy atom. The van der Waals surface area contributed by atoms with Crippen molar-refractivity contribution in [3.8, 4) is 0 Å². The molecule has 0 aromatic heterocycles. The van der Waals surface area contributed by atoms with Crippen molar-refractivity contribution in [2.24, 2.45) is 5.92 Å². The van der Waals surface area contributed by atoms with E-state index in [4.69, 9.17) is 0 Å². The maximum Gasteiger partial charge on any atom is 0.157 e. The molecule has 0 spiro atoms. The van der Waals surface area contributed by atoms with Crippen LogP contribution in [0.2, 0.25) is 0 Å². The fourth-order valence-electron chi connectivity index (χ4n) is 4.13. The van der Waals surface area contributed by atoms with E-state index in [1.807, 2.05) is 6.07 Å². The maximum atomic E-state index is 12.9. The van der Waals surface area contributed by atoms with E-state index in [2.05, 4.69) is 43.0 Å². The summed E-state index contributed by atoms with van der Waals surface area (Å²) in [4.78, 5) is 15.4. The number of ketones is 1. The Hall–Kier alpha value is -1.15. The Balaban J connectivity index is 2.06. The standard InChI is InChI=1S/C18H25NO/c1-14-11-13-19(15(14)2)18(12-7-6-10-17(18)20)16-8-4-3-5-9-16/h3-5,8-9,14-15H,6-7,10-13H2,1-2H3/t14?,15?,18-/m1/s1. The number of likely N-dealkylation sites (tertiary alicyclic amines) is 1. The molecule has 2 aliphatic rings. The monoisotopic (exact) mass is 271 g/mol. The molecule has 1 saturated heterocycles. The van der Waals surface area contributed by atoms with E-state index >= 15 is 0 Å². The molecule has 1 heterocycles. The van der Waals surface area contributed by atoms with Crippen LogP contribution in [0.5, 0.6) is 0 Å². The highest BCUT2D eigenvalue weighted by Crippen LogP contribution is 2.44. The van der Waals surface area contributed by atoms with Crippen LogP contribution in [0.25, 0.3) is 0 Å². The lowest BCUT2D eigenvalue weighted by atomic mass is 9.73. The maximum absolute atomic E-state index is 12.9. The minimum atomic E-state index is -0.344. The SMILES string of the molecule is CC1CCN([C@@]2(c3ccccc3)CCCCC2=O)C1C. The third-order valence-electron chi connectivity index (χ3n) is 5.54. The number of nitrogens with zero attached hydrogens (tertiary/aromatic N) is 1. The molecule has 1 aromatic carbocycles. The van der Waals surface area contributed by atoms with Crippen LogP contribution in [0.3, 0.4) is 0 Å². The first-order valence-electron chi connectivity index (χ1n) is 8.02. The number of hydrogen-bond acceptors (Lipinski definition) is 2. The molecule has 20 heavy (non-hydrogen) atoms. The van der Waals surface area contributed by atoms with Crippen molar-refractivity contribution < 1.29 is 4.79 Å². The van der Waals surface area contributed by atoms with E-state index in [0.717, 1.165) is 32.2 Å². The molecule has 0 amide bonds. The molecule has 1 aromatic rings. The lowest BCUT2D eigenvalue weighted by molar-refractivity contribution is -0.136. The van der Waals surface area contributed by atoms with Crippen LogP contribution in [-0.2, 0) is 10.3 Å². The summed E-state index contributed by atoms with van der Waals surface area (Å²) >= 11 is 0. The highest BCUT2D eigenvalue weighted by Gasteiger charge is 2.50. The largest absolute Gasteiger partial charge is 0.297 e. The minimum absolute atomic E-state index is 0.344. The second-order valence-electron chi connectivity index (χ2n) is 6.56. The van der Waals surface area contributed by atoms with Crippen molar-refractivity contribution in [2.45, 2.75) is 57.5 Å². The molecule has 2 unspecified atom stereocenters. The molecule has 1 aliphatic carbocycles. The van der Waals surface area contributed by atoms with Gasteiger partial charge in [0.05, 0.1) is 0 Å². The molecular formula is C18H25NO. The molecule has 0 radical (unpaired) electrons. The fourth-order valence-corrected chi connectivity index (χ4v) is 4.13. The number of carbonyl (C=O) groups excluding carboxylic acids is 1. The van der Waals surface area contributed by atoms with Crippen molar-refractivity contribution in [2.75, 3.05) is 6.54 Å². The van der Waals surface area contributed by atoms with Crippen molar-refractivity contribution in [3.05, 3.63) is 35.9 Å². The van der Waals surface area contributed by atoms with Crippen LogP contribution in [0.15, 0.2) is 30.3 Å². The zero-order valence-corrected chi connectivity index (χ0v) is 12.6. The fraction of sp³-hybridized carbons (Fsp3) is 0.611. The molecule has 108 valence electrons. The molecule has 2 heteroatoms. The Morgan fingerprint density at radius 1 is 1.15 bits per heavy atom. The highest BCUT2D eigenvalue weighted by molar-refractivity contribution is 5.90. The van der Waals surface area contributed by atoms with Gasteiger partial charge in [0.1, 0.15) is 5.54 Å². The van der Waals surface area contributed by atoms with Crippen molar-refractivity contribution in [1.29, 1.82) is 0 Å². The predicted octanol–water partition coefficient (Wildman–Crippen LogP) is 3.76. The second kappa shape index (κ2) is 5.33. The summed E-state index contributed by atoms with van der Waals surface area (Å²) < 4.78 is 0. The first-order valence-corrected chi connectivity index (χ1v) is 8.02. The van der Waals surface area contributed by atoms with Gasteiger partial charge in [0, 0.05) is 19.0 Å². The molecule has 0 N–H and O–H groups in total. The third kappa shape index (κ3) is 2.01. The van der Waals surface area contributed by atoms with Crippen molar-refractivity contribution in [3.63, 3.8) is 0 Å². The molecule has 1 saturated carbocycles. The topological polar surface area (TPSA) is 20.3 Å². The van der Waals surface area contributed by atoms with Gasteiger partial charge in [-0.3, -0.25) is 9.69 Å². The first kappa shape index (κ1) is 13.8. The van der Waals surface area contributed by atoms with Gasteiger partial charge in [0.25, 0.3) is 0 Å². The van der Waals surface area contributed by atoms with E-state index in [9.17, 15) is 4.79 Å². The zero-order valence-electron chi connectivity index (χ0n) is 12.6. The van der Waals surface area contributed by atoms with Crippen LogP contribution < -0.4 is 0 Å². The summed E-state index contributed by atoms with van der Waals surface area (Å²) in [6, 6.07) is 11.0. The number of Topliss-reactive ketones (excluding diaryl/α,β-unsaturated/α-hetero) is 1. The molecule has 1 aliphatic heterocycles. The summed E-state index contributed by atoms with van der Waals surface area (Å²) in [5.41, 5.74) is 0.870. The van der Waals surface area contributed by atoms with Crippen LogP contribution >= 0.6 is 0 Å². The zero-order chi connectivity index (χ0) is 14.2. The highest BCUT2D eigenvalue weighted by atomic mass is 16.1. The van der Waals surface area contributed by atoms with E-state index in [-0.39, 0.29) is 5.54 Å². The molecular weight excluding hydrogens is 246 g/mol. The number of rotatable bonds is 2. The number of carbonyl (C=O) groups is 1. The molecule has 3 atom stereocenters. The van der Waals surface area contributed by atoms with Gasteiger partial charge in [-0.1, -0.05) is 43.7 Å². The van der Waals surface area contributed by atoms with E-state index < -0.39 is 0 Å². The number of hydrogen-bond donors (Lipinski definition) is 0. The van der Waals surface area contributed by atoms with Gasteiger partial charge >= 0.3 is 0 Å². The third-order valence-corrected chi connectivity index (χ3v) is 5.54. The van der Waals surface area contributed by atoms with Gasteiger partial charge in [-0.2, -0.15) is 0 Å². The van der Waals surface area contributed by atoms with Crippen molar-refractivity contribution in [1.82, 2.24) is 4.90 Å². The van der Waals surface area contributed by atoms with Crippen LogP contribution in [0.1, 0.15) is 51.5 Å². The van der Waals surface area contributed by atoms with Crippen LogP contribution in [-0.4, -0.2) is 23.3 Å². The van der Waals surface area contributed by atoms with Gasteiger partial charge < -0.3 is 0 Å². The van der Waals surface area contributed by atoms with Gasteiger partial charge in [-0.05, 0) is 37.7 Å². The van der Waals surface area contributed by atoms with Crippen LogP contribution in [0, 0.1) is 5.92 Å². The molecule has 3 rings (SSSR count). The summed E-state index contributed by atoms with van der Waals surface area (Å²) in [7, 11) is 0. The van der Waals surface area contributed by atoms with E-state index in [0.29, 0.717) is 17.7 Å². The predicted molar refractivity (Wildman–Crippen MR) is 81.5 cm³/mol. The smallest absolute Gasteiger partial charge is 0.157 e. The summed E-state index contributed by atoms with van der Waals surface area (Å²) in [5, 5.41) is 0. The Bertz CT molecular complexity index is 483. The number of benzene rings is 1. The van der Waals surface area contributed by atoms with Crippen molar-refractivity contribution >= 4 is 5.78 Å². The first-order chi connectivity index (χ1) is 9.66. The van der Waals surface area contributed by atoms with Gasteiger partial charge in [0.15, 0.2) is 5.78 Å². The summed E-state index contributed by atoms with van der Waals surface area (Å²) in [5.74, 6) is 1.13. The van der Waals surface area contributed by atoms with E-state index in [1.165, 1.54) is 12.0 Å². The minimum Gasteiger partial charge on any atom is -0.297 e. The summed E-state index contributed by atoms with van der Waals surface area (Å²) in [6.45, 7) is 5.67. The van der Waals surface area contributed by atoms with E-state index in [1.54, 1.807) is 0 Å². The van der Waals surface area contributed by atoms with Gasteiger partial charge in [0.2, 0.25) is 0 Å². The summed E-state index contributed by atoms with van der Waals surface area (Å²) in [6.07, 6.45) is 5.17. The Kier molecular flexibility index (Phi) is 3.68. The van der Waals surface area contributed by atoms with Gasteiger partial charge in [-0.15, -0.1) is 0 Å². The second-order valence-corrected chi connectivity index (χ2v) is 6.56. The average molecular weight is 271 g/mol. The lowest BCUT2D eigenvalue weighted by Crippen LogP contribution is -2.55. The Morgan fingerprint density at radius 2 is 1.90 bits per heavy atom. The lowest BCUT2D eigenvalue weighted by Gasteiger charge is -2.46. The normalized spacial score (nSPS) is 35.4. The molecule has 2 fully saturated rings. The molecule has 0 bridgehead atoms.